The van der Waals surface area contributed by atoms with Gasteiger partial charge in [-0.25, -0.2) is 0 Å². The molecular formula is C20H31NO2. The predicted molar refractivity (Wildman–Crippen MR) is 97.9 cm³/mol. The summed E-state index contributed by atoms with van der Waals surface area (Å²) in [6, 6.07) is 4.14. The van der Waals surface area contributed by atoms with Gasteiger partial charge < -0.3 is 14.8 Å². The van der Waals surface area contributed by atoms with Crippen LogP contribution in [-0.2, 0) is 17.9 Å². The third-order valence-electron chi connectivity index (χ3n) is 4.02. The molecule has 0 amide bonds. The molecule has 0 aliphatic heterocycles. The molecule has 3 heteroatoms. The van der Waals surface area contributed by atoms with Crippen LogP contribution in [-0.4, -0.2) is 20.3 Å². The van der Waals surface area contributed by atoms with Gasteiger partial charge in [-0.05, 0) is 31.2 Å². The third kappa shape index (κ3) is 5.22. The summed E-state index contributed by atoms with van der Waals surface area (Å²) >= 11 is 0. The van der Waals surface area contributed by atoms with Crippen LogP contribution in [0.5, 0.6) is 5.75 Å². The Balaban J connectivity index is 0.00000127. The molecule has 0 heterocycles. The van der Waals surface area contributed by atoms with Crippen molar-refractivity contribution in [3.05, 3.63) is 53.1 Å². The van der Waals surface area contributed by atoms with E-state index in [1.165, 1.54) is 11.1 Å². The van der Waals surface area contributed by atoms with E-state index in [0.717, 1.165) is 17.9 Å². The first-order chi connectivity index (χ1) is 11.2. The number of hydrogen-bond acceptors (Lipinski definition) is 3. The van der Waals surface area contributed by atoms with Crippen LogP contribution in [0.3, 0.4) is 0 Å². The molecule has 2 unspecified atom stereocenters. The van der Waals surface area contributed by atoms with Gasteiger partial charge in [0, 0.05) is 18.0 Å². The van der Waals surface area contributed by atoms with Gasteiger partial charge in [0.15, 0.2) is 0 Å². The molecule has 2 rings (SSSR count). The van der Waals surface area contributed by atoms with Crippen molar-refractivity contribution < 1.29 is 9.47 Å². The van der Waals surface area contributed by atoms with E-state index in [2.05, 4.69) is 43.5 Å². The lowest BCUT2D eigenvalue weighted by atomic mass is 9.99. The zero-order valence-corrected chi connectivity index (χ0v) is 15.3. The van der Waals surface area contributed by atoms with Crippen LogP contribution in [0.25, 0.3) is 0 Å². The number of nitrogens with one attached hydrogen (secondary N) is 1. The van der Waals surface area contributed by atoms with Crippen LogP contribution in [0.4, 0.5) is 0 Å². The molecule has 1 aliphatic carbocycles. The second kappa shape index (κ2) is 10.2. The van der Waals surface area contributed by atoms with Crippen LogP contribution in [0.2, 0.25) is 0 Å². The van der Waals surface area contributed by atoms with Crippen molar-refractivity contribution in [3.8, 4) is 5.75 Å². The van der Waals surface area contributed by atoms with Crippen molar-refractivity contribution in [1.82, 2.24) is 5.32 Å². The first-order valence-corrected chi connectivity index (χ1v) is 8.44. The highest BCUT2D eigenvalue weighted by Gasteiger charge is 2.17. The Morgan fingerprint density at radius 2 is 1.83 bits per heavy atom. The lowest BCUT2D eigenvalue weighted by Gasteiger charge is -2.23. The minimum Gasteiger partial charge on any atom is -0.496 e. The summed E-state index contributed by atoms with van der Waals surface area (Å²) in [5, 5.41) is 3.20. The highest BCUT2D eigenvalue weighted by atomic mass is 16.5. The zero-order valence-electron chi connectivity index (χ0n) is 15.3. The van der Waals surface area contributed by atoms with Gasteiger partial charge in [-0.15, -0.1) is 0 Å². The first-order valence-electron chi connectivity index (χ1n) is 8.44. The summed E-state index contributed by atoms with van der Waals surface area (Å²) < 4.78 is 11.6. The number of ether oxygens (including phenoxy) is 2. The van der Waals surface area contributed by atoms with Crippen LogP contribution in [0, 0.1) is 12.8 Å². The Morgan fingerprint density at radius 1 is 1.13 bits per heavy atom. The van der Waals surface area contributed by atoms with Gasteiger partial charge in [0.25, 0.3) is 0 Å². The number of benzene rings is 1. The quantitative estimate of drug-likeness (QED) is 0.843. The fourth-order valence-electron chi connectivity index (χ4n) is 2.62. The molecule has 0 fully saturated rings. The average molecular weight is 317 g/mol. The Hall–Kier alpha value is -1.58. The standard InChI is InChI=1S/C18H25NO2.C2H6/c1-13-7-5-6-8-17(13)21-12-16-14(2)15(11-19-3)9-10-18(16)20-4;1-2/h5-10,13,17,19H,11-12H2,1-4H3;1-2H3. The summed E-state index contributed by atoms with van der Waals surface area (Å²) in [4.78, 5) is 0. The predicted octanol–water partition coefficient (Wildman–Crippen LogP) is 4.40. The summed E-state index contributed by atoms with van der Waals surface area (Å²) in [5.74, 6) is 1.30. The van der Waals surface area contributed by atoms with Crippen molar-refractivity contribution >= 4 is 0 Å². The molecule has 0 saturated carbocycles. The van der Waals surface area contributed by atoms with E-state index in [9.17, 15) is 0 Å². The van der Waals surface area contributed by atoms with E-state index in [1.807, 2.05) is 33.0 Å². The molecule has 1 aliphatic rings. The summed E-state index contributed by atoms with van der Waals surface area (Å²) in [6.45, 7) is 9.73. The van der Waals surface area contributed by atoms with Crippen molar-refractivity contribution in [2.45, 2.75) is 47.0 Å². The van der Waals surface area contributed by atoms with Crippen molar-refractivity contribution in [2.24, 2.45) is 5.92 Å². The van der Waals surface area contributed by atoms with Crippen molar-refractivity contribution in [2.75, 3.05) is 14.2 Å². The summed E-state index contributed by atoms with van der Waals surface area (Å²) in [7, 11) is 3.67. The molecule has 0 radical (unpaired) electrons. The fourth-order valence-corrected chi connectivity index (χ4v) is 2.62. The van der Waals surface area contributed by atoms with Gasteiger partial charge in [0.05, 0.1) is 19.8 Å². The Morgan fingerprint density at radius 3 is 2.43 bits per heavy atom. The Bertz CT molecular complexity index is 535. The highest BCUT2D eigenvalue weighted by molar-refractivity contribution is 5.44. The van der Waals surface area contributed by atoms with Crippen LogP contribution in [0.15, 0.2) is 36.4 Å². The highest BCUT2D eigenvalue weighted by Crippen LogP contribution is 2.27. The van der Waals surface area contributed by atoms with Gasteiger partial charge in [-0.1, -0.05) is 51.1 Å². The summed E-state index contributed by atoms with van der Waals surface area (Å²) in [6.07, 6.45) is 8.54. The number of allylic oxidation sites excluding steroid dienone is 2. The molecule has 128 valence electrons. The SMILES string of the molecule is CC.CNCc1ccc(OC)c(COC2C=CC=CC2C)c1C. The molecule has 0 spiro atoms. The minimum atomic E-state index is 0.132. The zero-order chi connectivity index (χ0) is 17.2. The topological polar surface area (TPSA) is 30.5 Å². The number of hydrogen-bond donors (Lipinski definition) is 1. The molecule has 0 bridgehead atoms. The minimum absolute atomic E-state index is 0.132. The molecule has 1 aromatic rings. The van der Waals surface area contributed by atoms with Gasteiger partial charge >= 0.3 is 0 Å². The van der Waals surface area contributed by atoms with Gasteiger partial charge in [0.1, 0.15) is 5.75 Å². The van der Waals surface area contributed by atoms with Crippen molar-refractivity contribution in [1.29, 1.82) is 0 Å². The molecule has 1 aromatic carbocycles. The van der Waals surface area contributed by atoms with E-state index in [4.69, 9.17) is 9.47 Å². The molecule has 2 atom stereocenters. The Labute approximate surface area is 141 Å². The second-order valence-electron chi connectivity index (χ2n) is 5.47. The van der Waals surface area contributed by atoms with Crippen LogP contribution < -0.4 is 10.1 Å². The molecule has 0 aromatic heterocycles. The molecule has 0 saturated heterocycles. The fraction of sp³-hybridized carbons (Fsp3) is 0.500. The molecular weight excluding hydrogens is 286 g/mol. The number of rotatable bonds is 6. The lowest BCUT2D eigenvalue weighted by molar-refractivity contribution is 0.0478. The monoisotopic (exact) mass is 317 g/mol. The molecule has 1 N–H and O–H groups in total. The number of methoxy groups -OCH3 is 1. The van der Waals surface area contributed by atoms with E-state index < -0.39 is 0 Å². The molecule has 3 nitrogen and oxygen atoms in total. The van der Waals surface area contributed by atoms with E-state index in [-0.39, 0.29) is 6.10 Å². The smallest absolute Gasteiger partial charge is 0.124 e. The van der Waals surface area contributed by atoms with E-state index in [0.29, 0.717) is 12.5 Å². The average Bonchev–Trinajstić information content (AvgIpc) is 2.59. The molecule has 23 heavy (non-hydrogen) atoms. The maximum absolute atomic E-state index is 6.10. The van der Waals surface area contributed by atoms with Crippen LogP contribution >= 0.6 is 0 Å². The maximum atomic E-state index is 6.10. The first kappa shape index (κ1) is 19.5. The van der Waals surface area contributed by atoms with Crippen molar-refractivity contribution in [3.63, 3.8) is 0 Å². The van der Waals surface area contributed by atoms with E-state index in [1.54, 1.807) is 7.11 Å². The normalized spacial score (nSPS) is 19.2. The van der Waals surface area contributed by atoms with Gasteiger partial charge in [-0.3, -0.25) is 0 Å². The van der Waals surface area contributed by atoms with Gasteiger partial charge in [0.2, 0.25) is 0 Å². The van der Waals surface area contributed by atoms with Gasteiger partial charge in [-0.2, -0.15) is 0 Å². The second-order valence-corrected chi connectivity index (χ2v) is 5.47. The van der Waals surface area contributed by atoms with Crippen LogP contribution in [0.1, 0.15) is 37.5 Å². The largest absolute Gasteiger partial charge is 0.496 e. The third-order valence-corrected chi connectivity index (χ3v) is 4.02. The summed E-state index contributed by atoms with van der Waals surface area (Å²) in [5.41, 5.74) is 3.66. The maximum Gasteiger partial charge on any atom is 0.124 e. The van der Waals surface area contributed by atoms with E-state index >= 15 is 0 Å². The Kier molecular flexibility index (Phi) is 8.67. The lowest BCUT2D eigenvalue weighted by Crippen LogP contribution is -2.20.